The highest BCUT2D eigenvalue weighted by Crippen LogP contribution is 2.29. The number of para-hydroxylation sites is 2. The average Bonchev–Trinajstić information content (AvgIpc) is 3.16. The predicted octanol–water partition coefficient (Wildman–Crippen LogP) is 2.08. The zero-order valence-electron chi connectivity index (χ0n) is 9.14. The Hall–Kier alpha value is -2.53. The first-order chi connectivity index (χ1) is 8.33. The van der Waals surface area contributed by atoms with Crippen molar-refractivity contribution in [3.05, 3.63) is 24.3 Å². The molecular formula is C12H11N5. The molecule has 0 radical (unpaired) electrons. The van der Waals surface area contributed by atoms with E-state index in [2.05, 4.69) is 15.8 Å². The number of nitrogens with zero attached hydrogens (tertiary/aromatic N) is 3. The number of hydrogen-bond donors (Lipinski definition) is 2. The van der Waals surface area contributed by atoms with Crippen molar-refractivity contribution in [3.63, 3.8) is 0 Å². The van der Waals surface area contributed by atoms with E-state index in [-0.39, 0.29) is 5.71 Å². The molecule has 1 saturated carbocycles. The molecule has 0 aliphatic heterocycles. The van der Waals surface area contributed by atoms with Gasteiger partial charge in [0.1, 0.15) is 12.1 Å². The van der Waals surface area contributed by atoms with Gasteiger partial charge in [0.15, 0.2) is 0 Å². The van der Waals surface area contributed by atoms with Gasteiger partial charge in [-0.25, -0.2) is 0 Å². The van der Waals surface area contributed by atoms with Crippen LogP contribution in [0.25, 0.3) is 0 Å². The highest BCUT2D eigenvalue weighted by molar-refractivity contribution is 6.10. The van der Waals surface area contributed by atoms with E-state index in [9.17, 15) is 0 Å². The van der Waals surface area contributed by atoms with Crippen LogP contribution in [0.3, 0.4) is 0 Å². The molecule has 0 atom stereocenters. The maximum Gasteiger partial charge on any atom is 0.237 e. The Morgan fingerprint density at radius 2 is 1.82 bits per heavy atom. The normalized spacial score (nSPS) is 13.1. The molecule has 1 aliphatic rings. The molecule has 0 spiro atoms. The molecule has 0 saturated heterocycles. The molecule has 0 aromatic heterocycles. The molecule has 2 rings (SSSR count). The van der Waals surface area contributed by atoms with Crippen LogP contribution in [0.5, 0.6) is 0 Å². The van der Waals surface area contributed by atoms with Crippen molar-refractivity contribution in [1.29, 1.82) is 10.5 Å². The second kappa shape index (κ2) is 5.00. The van der Waals surface area contributed by atoms with Gasteiger partial charge >= 0.3 is 0 Å². The monoisotopic (exact) mass is 225 g/mol. The molecule has 1 aromatic rings. The van der Waals surface area contributed by atoms with Gasteiger partial charge in [-0.1, -0.05) is 12.1 Å². The minimum atomic E-state index is -0.189. The summed E-state index contributed by atoms with van der Waals surface area (Å²) in [6, 6.07) is 11.5. The second-order valence-corrected chi connectivity index (χ2v) is 3.76. The summed E-state index contributed by atoms with van der Waals surface area (Å²) in [4.78, 5) is 0. The van der Waals surface area contributed by atoms with Gasteiger partial charge in [0.25, 0.3) is 0 Å². The van der Waals surface area contributed by atoms with E-state index in [4.69, 9.17) is 10.5 Å². The van der Waals surface area contributed by atoms with Gasteiger partial charge in [-0.05, 0) is 25.0 Å². The zero-order valence-corrected chi connectivity index (χ0v) is 9.14. The third kappa shape index (κ3) is 2.96. The van der Waals surface area contributed by atoms with Crippen LogP contribution in [0.2, 0.25) is 0 Å². The van der Waals surface area contributed by atoms with Crippen molar-refractivity contribution >= 4 is 17.1 Å². The Bertz CT molecular complexity index is 500. The Labute approximate surface area is 99.4 Å². The number of nitriles is 2. The molecule has 0 amide bonds. The number of hydrazone groups is 1. The Morgan fingerprint density at radius 1 is 1.18 bits per heavy atom. The minimum Gasteiger partial charge on any atom is -0.381 e. The molecule has 2 N–H and O–H groups in total. The van der Waals surface area contributed by atoms with E-state index in [1.165, 1.54) is 12.8 Å². The van der Waals surface area contributed by atoms with Crippen LogP contribution in [0.4, 0.5) is 11.4 Å². The first kappa shape index (κ1) is 11.0. The first-order valence-corrected chi connectivity index (χ1v) is 5.33. The average molecular weight is 225 g/mol. The van der Waals surface area contributed by atoms with Crippen LogP contribution in [0.1, 0.15) is 12.8 Å². The number of hydrogen-bond acceptors (Lipinski definition) is 5. The summed E-state index contributed by atoms with van der Waals surface area (Å²) in [5, 5.41) is 24.2. The Morgan fingerprint density at radius 3 is 2.41 bits per heavy atom. The lowest BCUT2D eigenvalue weighted by Gasteiger charge is -2.09. The number of nitrogens with one attached hydrogen (secondary N) is 2. The van der Waals surface area contributed by atoms with Gasteiger partial charge in [-0.15, -0.1) is 0 Å². The van der Waals surface area contributed by atoms with Crippen molar-refractivity contribution in [2.24, 2.45) is 5.10 Å². The quantitative estimate of drug-likeness (QED) is 0.607. The molecule has 17 heavy (non-hydrogen) atoms. The van der Waals surface area contributed by atoms with Crippen LogP contribution in [-0.4, -0.2) is 11.8 Å². The fourth-order valence-corrected chi connectivity index (χ4v) is 1.35. The summed E-state index contributed by atoms with van der Waals surface area (Å²) < 4.78 is 0. The predicted molar refractivity (Wildman–Crippen MR) is 65.4 cm³/mol. The Balaban J connectivity index is 2.12. The molecule has 1 fully saturated rings. The van der Waals surface area contributed by atoms with Gasteiger partial charge in [0.05, 0.1) is 11.4 Å². The van der Waals surface area contributed by atoms with E-state index in [1.54, 1.807) is 12.1 Å². The maximum atomic E-state index is 8.57. The van der Waals surface area contributed by atoms with Crippen molar-refractivity contribution in [2.45, 2.75) is 18.9 Å². The summed E-state index contributed by atoms with van der Waals surface area (Å²) in [6.07, 6.45) is 2.36. The van der Waals surface area contributed by atoms with Gasteiger partial charge in [0.2, 0.25) is 5.71 Å². The topological polar surface area (TPSA) is 84.0 Å². The van der Waals surface area contributed by atoms with Crippen LogP contribution in [0, 0.1) is 22.7 Å². The SMILES string of the molecule is N#CC(C#N)=NNc1ccccc1NC1CC1. The Kier molecular flexibility index (Phi) is 3.23. The third-order valence-electron chi connectivity index (χ3n) is 2.36. The van der Waals surface area contributed by atoms with Crippen molar-refractivity contribution in [1.82, 2.24) is 0 Å². The van der Waals surface area contributed by atoms with Crippen LogP contribution >= 0.6 is 0 Å². The van der Waals surface area contributed by atoms with Gasteiger partial charge in [0, 0.05) is 6.04 Å². The van der Waals surface area contributed by atoms with E-state index in [0.29, 0.717) is 6.04 Å². The third-order valence-corrected chi connectivity index (χ3v) is 2.36. The maximum absolute atomic E-state index is 8.57. The molecule has 1 aliphatic carbocycles. The van der Waals surface area contributed by atoms with Crippen molar-refractivity contribution in [3.8, 4) is 12.1 Å². The molecule has 5 nitrogen and oxygen atoms in total. The summed E-state index contributed by atoms with van der Waals surface area (Å²) in [5.74, 6) is 0. The van der Waals surface area contributed by atoms with E-state index in [1.807, 2.05) is 24.3 Å². The largest absolute Gasteiger partial charge is 0.381 e. The van der Waals surface area contributed by atoms with E-state index >= 15 is 0 Å². The summed E-state index contributed by atoms with van der Waals surface area (Å²) >= 11 is 0. The number of rotatable bonds is 4. The molecule has 84 valence electrons. The van der Waals surface area contributed by atoms with Gasteiger partial charge in [-0.3, -0.25) is 5.43 Å². The van der Waals surface area contributed by atoms with Crippen LogP contribution in [0.15, 0.2) is 29.4 Å². The van der Waals surface area contributed by atoms with Crippen molar-refractivity contribution in [2.75, 3.05) is 10.7 Å². The van der Waals surface area contributed by atoms with Crippen molar-refractivity contribution < 1.29 is 0 Å². The molecular weight excluding hydrogens is 214 g/mol. The molecule has 0 bridgehead atoms. The fraction of sp³-hybridized carbons (Fsp3) is 0.250. The number of benzene rings is 1. The lowest BCUT2D eigenvalue weighted by molar-refractivity contribution is 1.15. The summed E-state index contributed by atoms with van der Waals surface area (Å²) in [6.45, 7) is 0. The standard InChI is InChI=1S/C12H11N5/c13-7-10(8-14)16-17-12-4-2-1-3-11(12)15-9-5-6-9/h1-4,9,15,17H,5-6H2. The lowest BCUT2D eigenvalue weighted by atomic mass is 10.2. The first-order valence-electron chi connectivity index (χ1n) is 5.33. The number of anilines is 2. The summed E-state index contributed by atoms with van der Waals surface area (Å²) in [7, 11) is 0. The fourth-order valence-electron chi connectivity index (χ4n) is 1.35. The zero-order chi connectivity index (χ0) is 12.1. The highest BCUT2D eigenvalue weighted by atomic mass is 15.3. The molecule has 0 heterocycles. The van der Waals surface area contributed by atoms with Gasteiger partial charge < -0.3 is 5.32 Å². The van der Waals surface area contributed by atoms with Gasteiger partial charge in [-0.2, -0.15) is 15.6 Å². The molecule has 5 heteroatoms. The van der Waals surface area contributed by atoms with E-state index < -0.39 is 0 Å². The van der Waals surface area contributed by atoms with Crippen LogP contribution in [-0.2, 0) is 0 Å². The smallest absolute Gasteiger partial charge is 0.237 e. The minimum absolute atomic E-state index is 0.189. The second-order valence-electron chi connectivity index (χ2n) is 3.76. The van der Waals surface area contributed by atoms with E-state index in [0.717, 1.165) is 11.4 Å². The highest BCUT2D eigenvalue weighted by Gasteiger charge is 2.21. The lowest BCUT2D eigenvalue weighted by Crippen LogP contribution is -2.04. The molecule has 1 aromatic carbocycles. The summed E-state index contributed by atoms with van der Waals surface area (Å²) in [5.41, 5.74) is 4.25. The van der Waals surface area contributed by atoms with Crippen LogP contribution < -0.4 is 10.7 Å². The molecule has 0 unspecified atom stereocenters.